The molecule has 1 heterocycles. The lowest BCUT2D eigenvalue weighted by Crippen LogP contribution is -2.33. The normalized spacial score (nSPS) is 15.1. The van der Waals surface area contributed by atoms with E-state index < -0.39 is 12.0 Å². The second-order valence-corrected chi connectivity index (χ2v) is 6.36. The first-order chi connectivity index (χ1) is 12.7. The molecule has 0 bridgehead atoms. The summed E-state index contributed by atoms with van der Waals surface area (Å²) in [5.74, 6) is -0.304. The Kier molecular flexibility index (Phi) is 5.71. The van der Waals surface area contributed by atoms with E-state index in [2.05, 4.69) is 20.1 Å². The third-order valence-corrected chi connectivity index (χ3v) is 4.42. The number of aromatic nitrogens is 2. The van der Waals surface area contributed by atoms with E-state index in [9.17, 15) is 10.3 Å². The Morgan fingerprint density at radius 3 is 2.50 bits per heavy atom. The zero-order chi connectivity index (χ0) is 18.4. The van der Waals surface area contributed by atoms with Crippen molar-refractivity contribution in [3.05, 3.63) is 59.4 Å². The van der Waals surface area contributed by atoms with Gasteiger partial charge in [-0.3, -0.25) is 0 Å². The molecule has 26 heavy (non-hydrogen) atoms. The molecule has 7 heteroatoms. The van der Waals surface area contributed by atoms with Crippen molar-refractivity contribution in [3.63, 3.8) is 0 Å². The molecule has 0 amide bonds. The molecule has 1 N–H and O–H groups in total. The summed E-state index contributed by atoms with van der Waals surface area (Å²) in [6.45, 7) is 1.97. The van der Waals surface area contributed by atoms with Crippen molar-refractivity contribution in [2.45, 2.75) is 44.8 Å². The second kappa shape index (κ2) is 8.36. The largest absolute Gasteiger partial charge is 0.454 e. The van der Waals surface area contributed by atoms with Crippen LogP contribution in [-0.4, -0.2) is 32.5 Å². The van der Waals surface area contributed by atoms with E-state index in [0.29, 0.717) is 5.95 Å². The SMILES string of the molecule is Cc1ccc(C(Nc2ncccn2)C(=[N+]=[N-])C(=O)OC2CCCC2)cc1. The molecule has 134 valence electrons. The monoisotopic (exact) mass is 351 g/mol. The molecule has 1 aromatic heterocycles. The van der Waals surface area contributed by atoms with Gasteiger partial charge < -0.3 is 15.6 Å². The lowest BCUT2D eigenvalue weighted by Gasteiger charge is -2.16. The third kappa shape index (κ3) is 4.32. The number of nitrogens with zero attached hydrogens (tertiary/aromatic N) is 4. The van der Waals surface area contributed by atoms with Gasteiger partial charge >= 0.3 is 11.7 Å². The van der Waals surface area contributed by atoms with Gasteiger partial charge in [0, 0.05) is 12.4 Å². The standard InChI is InChI=1S/C19H21N5O2/c1-13-7-9-14(10-8-13)16(23-19-21-11-4-12-22-19)17(24-20)18(25)26-15-5-2-3-6-15/h4,7-12,15-16H,2-3,5-6H2,1H3,(H,21,22,23). The molecular formula is C19H21N5O2. The van der Waals surface area contributed by atoms with Crippen LogP contribution in [0.1, 0.15) is 42.9 Å². The maximum absolute atomic E-state index is 12.6. The Bertz CT molecular complexity index is 794. The van der Waals surface area contributed by atoms with E-state index in [1.807, 2.05) is 31.2 Å². The fourth-order valence-electron chi connectivity index (χ4n) is 3.01. The van der Waals surface area contributed by atoms with Crippen LogP contribution >= 0.6 is 0 Å². The van der Waals surface area contributed by atoms with Gasteiger partial charge in [0.05, 0.1) is 0 Å². The van der Waals surface area contributed by atoms with Crippen molar-refractivity contribution in [2.75, 3.05) is 5.32 Å². The Labute approximate surface area is 152 Å². The minimum absolute atomic E-state index is 0.117. The van der Waals surface area contributed by atoms with Crippen LogP contribution in [0.2, 0.25) is 0 Å². The predicted molar refractivity (Wildman–Crippen MR) is 96.5 cm³/mol. The van der Waals surface area contributed by atoms with Crippen LogP contribution in [-0.2, 0) is 9.53 Å². The predicted octanol–water partition coefficient (Wildman–Crippen LogP) is 3.09. The van der Waals surface area contributed by atoms with Gasteiger partial charge in [-0.2, -0.15) is 4.79 Å². The number of hydrogen-bond acceptors (Lipinski definition) is 5. The molecule has 1 unspecified atom stereocenters. The third-order valence-electron chi connectivity index (χ3n) is 4.42. The summed E-state index contributed by atoms with van der Waals surface area (Å²) in [4.78, 5) is 24.1. The number of hydrogen-bond donors (Lipinski definition) is 1. The second-order valence-electron chi connectivity index (χ2n) is 6.36. The van der Waals surface area contributed by atoms with Crippen LogP contribution in [0, 0.1) is 6.92 Å². The summed E-state index contributed by atoms with van der Waals surface area (Å²) < 4.78 is 5.52. The molecule has 1 fully saturated rings. The molecule has 2 aromatic rings. The number of carbonyl (C=O) groups is 1. The van der Waals surface area contributed by atoms with Crippen molar-refractivity contribution >= 4 is 17.6 Å². The van der Waals surface area contributed by atoms with Gasteiger partial charge in [-0.15, -0.1) is 0 Å². The van der Waals surface area contributed by atoms with E-state index in [-0.39, 0.29) is 11.8 Å². The molecule has 1 atom stereocenters. The molecule has 1 aliphatic carbocycles. The summed E-state index contributed by atoms with van der Waals surface area (Å²) in [6, 6.07) is 8.55. The highest BCUT2D eigenvalue weighted by Gasteiger charge is 2.36. The molecule has 7 nitrogen and oxygen atoms in total. The lowest BCUT2D eigenvalue weighted by atomic mass is 10.0. The van der Waals surface area contributed by atoms with Gasteiger partial charge in [-0.25, -0.2) is 14.8 Å². The van der Waals surface area contributed by atoms with Gasteiger partial charge in [0.25, 0.3) is 0 Å². The Balaban J connectivity index is 1.88. The molecule has 0 spiro atoms. The first-order valence-corrected chi connectivity index (χ1v) is 8.70. The first-order valence-electron chi connectivity index (χ1n) is 8.70. The van der Waals surface area contributed by atoms with Crippen LogP contribution in [0.3, 0.4) is 0 Å². The van der Waals surface area contributed by atoms with E-state index in [0.717, 1.165) is 36.8 Å². The van der Waals surface area contributed by atoms with Gasteiger partial charge in [0.15, 0.2) is 6.04 Å². The van der Waals surface area contributed by atoms with Crippen LogP contribution < -0.4 is 5.32 Å². The Morgan fingerprint density at radius 1 is 1.23 bits per heavy atom. The number of aryl methyl sites for hydroxylation is 1. The first kappa shape index (κ1) is 17.8. The van der Waals surface area contributed by atoms with E-state index >= 15 is 0 Å². The zero-order valence-electron chi connectivity index (χ0n) is 14.6. The lowest BCUT2D eigenvalue weighted by molar-refractivity contribution is -0.145. The number of nitrogens with one attached hydrogen (secondary N) is 1. The van der Waals surface area contributed by atoms with Crippen LogP contribution in [0.5, 0.6) is 0 Å². The summed E-state index contributed by atoms with van der Waals surface area (Å²) >= 11 is 0. The fraction of sp³-hybridized carbons (Fsp3) is 0.368. The summed E-state index contributed by atoms with van der Waals surface area (Å²) in [7, 11) is 0. The van der Waals surface area contributed by atoms with Crippen molar-refractivity contribution in [3.8, 4) is 0 Å². The fourth-order valence-corrected chi connectivity index (χ4v) is 3.01. The number of esters is 1. The Hall–Kier alpha value is -3.05. The van der Waals surface area contributed by atoms with Gasteiger partial charge in [0.1, 0.15) is 6.10 Å². The van der Waals surface area contributed by atoms with E-state index in [1.54, 1.807) is 18.5 Å². The maximum Gasteiger partial charge on any atom is 0.419 e. The topological polar surface area (TPSA) is 101 Å². The molecule has 1 saturated carbocycles. The van der Waals surface area contributed by atoms with Gasteiger partial charge in [-0.1, -0.05) is 29.8 Å². The van der Waals surface area contributed by atoms with Crippen LogP contribution in [0.4, 0.5) is 5.95 Å². The molecule has 0 saturated heterocycles. The van der Waals surface area contributed by atoms with Crippen molar-refractivity contribution in [1.29, 1.82) is 0 Å². The molecule has 0 aliphatic heterocycles. The highest BCUT2D eigenvalue weighted by atomic mass is 16.5. The minimum Gasteiger partial charge on any atom is -0.454 e. The highest BCUT2D eigenvalue weighted by Crippen LogP contribution is 2.24. The van der Waals surface area contributed by atoms with Crippen molar-refractivity contribution in [2.24, 2.45) is 0 Å². The van der Waals surface area contributed by atoms with Crippen LogP contribution in [0.15, 0.2) is 42.7 Å². The molecule has 3 rings (SSSR count). The molecule has 0 radical (unpaired) electrons. The summed E-state index contributed by atoms with van der Waals surface area (Å²) in [6.07, 6.45) is 6.83. The van der Waals surface area contributed by atoms with E-state index in [4.69, 9.17) is 4.74 Å². The maximum atomic E-state index is 12.6. The number of ether oxygens (including phenoxy) is 1. The van der Waals surface area contributed by atoms with Gasteiger partial charge in [0.2, 0.25) is 5.95 Å². The minimum atomic E-state index is -0.725. The smallest absolute Gasteiger partial charge is 0.419 e. The average Bonchev–Trinajstić information content (AvgIpc) is 3.16. The quantitative estimate of drug-likeness (QED) is 0.373. The number of carbonyl (C=O) groups excluding carboxylic acids is 1. The van der Waals surface area contributed by atoms with Gasteiger partial charge in [-0.05, 0) is 44.2 Å². The average molecular weight is 351 g/mol. The molecular weight excluding hydrogens is 330 g/mol. The summed E-state index contributed by atoms with van der Waals surface area (Å²) in [5.41, 5.74) is 11.3. The highest BCUT2D eigenvalue weighted by molar-refractivity contribution is 6.36. The molecule has 1 aromatic carbocycles. The van der Waals surface area contributed by atoms with Crippen molar-refractivity contribution < 1.29 is 14.3 Å². The zero-order valence-corrected chi connectivity index (χ0v) is 14.6. The summed E-state index contributed by atoms with van der Waals surface area (Å²) in [5, 5.41) is 3.06. The van der Waals surface area contributed by atoms with Crippen LogP contribution in [0.25, 0.3) is 5.53 Å². The number of rotatable bonds is 6. The van der Waals surface area contributed by atoms with E-state index in [1.165, 1.54) is 0 Å². The number of anilines is 1. The Morgan fingerprint density at radius 2 is 1.88 bits per heavy atom. The van der Waals surface area contributed by atoms with Crippen molar-refractivity contribution in [1.82, 2.24) is 9.97 Å². The number of benzene rings is 1. The molecule has 1 aliphatic rings.